The lowest BCUT2D eigenvalue weighted by Crippen LogP contribution is -2.29. The first-order valence-corrected chi connectivity index (χ1v) is 10.3. The number of nitrogens with zero attached hydrogens (tertiary/aromatic N) is 1. The van der Waals surface area contributed by atoms with Crippen LogP contribution in [0.4, 0.5) is 5.69 Å². The summed E-state index contributed by atoms with van der Waals surface area (Å²) < 4.78 is 5.27. The van der Waals surface area contributed by atoms with E-state index in [4.69, 9.17) is 4.74 Å². The Balaban J connectivity index is 1.97. The van der Waals surface area contributed by atoms with Crippen molar-refractivity contribution in [1.29, 1.82) is 0 Å². The number of anilines is 1. The van der Waals surface area contributed by atoms with E-state index in [1.807, 2.05) is 0 Å². The number of aromatic hydroxyl groups is 2. The molecule has 0 bridgehead atoms. The van der Waals surface area contributed by atoms with Crippen molar-refractivity contribution in [2.75, 3.05) is 12.0 Å². The van der Waals surface area contributed by atoms with Gasteiger partial charge in [0.2, 0.25) is 0 Å². The molecule has 0 aliphatic carbocycles. The molecule has 1 aliphatic rings. The van der Waals surface area contributed by atoms with Gasteiger partial charge in [0.25, 0.3) is 11.7 Å². The molecule has 3 N–H and O–H groups in total. The van der Waals surface area contributed by atoms with E-state index in [-0.39, 0.29) is 28.5 Å². The van der Waals surface area contributed by atoms with Crippen LogP contribution >= 0.6 is 0 Å². The van der Waals surface area contributed by atoms with Gasteiger partial charge in [0.1, 0.15) is 23.0 Å². The van der Waals surface area contributed by atoms with Gasteiger partial charge in [-0.05, 0) is 73.0 Å². The van der Waals surface area contributed by atoms with Crippen molar-refractivity contribution in [1.82, 2.24) is 0 Å². The summed E-state index contributed by atoms with van der Waals surface area (Å²) in [4.78, 5) is 27.6. The largest absolute Gasteiger partial charge is 0.508 e. The molecule has 3 aromatic rings. The van der Waals surface area contributed by atoms with Gasteiger partial charge < -0.3 is 20.1 Å². The maximum Gasteiger partial charge on any atom is 0.300 e. The third kappa shape index (κ3) is 3.78. The Morgan fingerprint density at radius 1 is 0.939 bits per heavy atom. The van der Waals surface area contributed by atoms with Gasteiger partial charge in [-0.3, -0.25) is 14.5 Å². The first kappa shape index (κ1) is 22.0. The van der Waals surface area contributed by atoms with E-state index >= 15 is 0 Å². The Morgan fingerprint density at radius 2 is 1.64 bits per heavy atom. The smallest absolute Gasteiger partial charge is 0.300 e. The molecular formula is C26H23NO6. The molecule has 1 unspecified atom stereocenters. The van der Waals surface area contributed by atoms with E-state index in [9.17, 15) is 24.9 Å². The van der Waals surface area contributed by atoms with E-state index in [0.717, 1.165) is 11.1 Å². The number of phenolic OH excluding ortho intramolecular Hbond substituents is 2. The highest BCUT2D eigenvalue weighted by Gasteiger charge is 2.47. The van der Waals surface area contributed by atoms with Crippen LogP contribution < -0.4 is 9.64 Å². The fraction of sp³-hybridized carbons (Fsp3) is 0.154. The van der Waals surface area contributed by atoms with Crippen molar-refractivity contribution in [3.63, 3.8) is 0 Å². The van der Waals surface area contributed by atoms with Gasteiger partial charge in [-0.1, -0.05) is 18.2 Å². The third-order valence-electron chi connectivity index (χ3n) is 5.71. The number of hydrogen-bond acceptors (Lipinski definition) is 6. The zero-order valence-corrected chi connectivity index (χ0v) is 18.4. The normalized spacial score (nSPS) is 17.4. The summed E-state index contributed by atoms with van der Waals surface area (Å²) in [6.07, 6.45) is 0. The van der Waals surface area contributed by atoms with Gasteiger partial charge in [-0.15, -0.1) is 0 Å². The van der Waals surface area contributed by atoms with Crippen molar-refractivity contribution in [3.05, 3.63) is 88.5 Å². The Kier molecular flexibility index (Phi) is 5.55. The summed E-state index contributed by atoms with van der Waals surface area (Å²) in [7, 11) is 1.53. The van der Waals surface area contributed by atoms with Crippen LogP contribution in [0.5, 0.6) is 17.2 Å². The van der Waals surface area contributed by atoms with Crippen LogP contribution in [0.25, 0.3) is 5.76 Å². The number of benzene rings is 3. The molecular weight excluding hydrogens is 422 g/mol. The Bertz CT molecular complexity index is 1290. The predicted octanol–water partition coefficient (Wildman–Crippen LogP) is 4.35. The molecule has 7 nitrogen and oxygen atoms in total. The molecule has 1 fully saturated rings. The van der Waals surface area contributed by atoms with Gasteiger partial charge in [0, 0.05) is 5.56 Å². The zero-order chi connectivity index (χ0) is 23.9. The number of aliphatic hydroxyl groups excluding tert-OH is 1. The van der Waals surface area contributed by atoms with Gasteiger partial charge >= 0.3 is 0 Å². The summed E-state index contributed by atoms with van der Waals surface area (Å²) in [6.45, 7) is 3.60. The second kappa shape index (κ2) is 8.35. The van der Waals surface area contributed by atoms with Crippen LogP contribution in [-0.2, 0) is 9.59 Å². The molecule has 33 heavy (non-hydrogen) atoms. The molecule has 3 aromatic carbocycles. The summed E-state index contributed by atoms with van der Waals surface area (Å²) in [6, 6.07) is 14.7. The topological polar surface area (TPSA) is 107 Å². The number of methoxy groups -OCH3 is 1. The minimum absolute atomic E-state index is 0.0138. The number of amides is 1. The third-order valence-corrected chi connectivity index (χ3v) is 5.71. The van der Waals surface area contributed by atoms with E-state index in [1.54, 1.807) is 56.3 Å². The molecule has 1 atom stereocenters. The van der Waals surface area contributed by atoms with Crippen molar-refractivity contribution in [2.24, 2.45) is 0 Å². The molecule has 4 rings (SSSR count). The molecule has 168 valence electrons. The monoisotopic (exact) mass is 445 g/mol. The fourth-order valence-corrected chi connectivity index (χ4v) is 4.06. The number of rotatable bonds is 4. The molecule has 0 spiro atoms. The van der Waals surface area contributed by atoms with Crippen LogP contribution in [-0.4, -0.2) is 34.1 Å². The fourth-order valence-electron chi connectivity index (χ4n) is 4.06. The molecule has 7 heteroatoms. The van der Waals surface area contributed by atoms with Crippen LogP contribution in [0.1, 0.15) is 28.3 Å². The highest BCUT2D eigenvalue weighted by molar-refractivity contribution is 6.51. The lowest BCUT2D eigenvalue weighted by molar-refractivity contribution is -0.132. The van der Waals surface area contributed by atoms with Crippen molar-refractivity contribution in [3.8, 4) is 17.2 Å². The number of carbonyl (C=O) groups is 2. The molecule has 0 aromatic heterocycles. The number of phenols is 2. The quantitative estimate of drug-likeness (QED) is 0.313. The average molecular weight is 445 g/mol. The lowest BCUT2D eigenvalue weighted by atomic mass is 9.94. The van der Waals surface area contributed by atoms with Crippen LogP contribution in [0, 0.1) is 13.8 Å². The Morgan fingerprint density at radius 3 is 2.27 bits per heavy atom. The molecule has 1 saturated heterocycles. The van der Waals surface area contributed by atoms with Gasteiger partial charge in [-0.2, -0.15) is 0 Å². The molecule has 1 heterocycles. The predicted molar refractivity (Wildman–Crippen MR) is 123 cm³/mol. The highest BCUT2D eigenvalue weighted by Crippen LogP contribution is 2.45. The van der Waals surface area contributed by atoms with Crippen LogP contribution in [0.15, 0.2) is 66.2 Å². The van der Waals surface area contributed by atoms with E-state index in [2.05, 4.69) is 0 Å². The van der Waals surface area contributed by atoms with E-state index in [1.165, 1.54) is 30.2 Å². The summed E-state index contributed by atoms with van der Waals surface area (Å²) in [5.41, 5.74) is 2.40. The standard InChI is InChI=1S/C26H23NO6/c1-14-4-10-20(29)19(12-14)27-23(16-5-8-18(28)9-6-16)22(25(31)26(27)32)24(30)17-7-11-21(33-3)15(2)13-17/h4-13,23,28-30H,1-3H3/b24-22-. The van der Waals surface area contributed by atoms with Crippen molar-refractivity contribution in [2.45, 2.75) is 19.9 Å². The minimum Gasteiger partial charge on any atom is -0.508 e. The summed E-state index contributed by atoms with van der Waals surface area (Å²) in [5.74, 6) is -1.63. The first-order chi connectivity index (χ1) is 15.7. The number of hydrogen-bond donors (Lipinski definition) is 3. The number of Topliss-reactive ketones (excluding diaryl/α,β-unsaturated/α-hetero) is 1. The number of ether oxygens (including phenoxy) is 1. The lowest BCUT2D eigenvalue weighted by Gasteiger charge is -2.26. The SMILES string of the molecule is COc1ccc(/C(O)=C2/C(=O)C(=O)N(c3cc(C)ccc3O)C2c2ccc(O)cc2)cc1C. The highest BCUT2D eigenvalue weighted by atomic mass is 16.5. The number of ketones is 1. The zero-order valence-electron chi connectivity index (χ0n) is 18.4. The van der Waals surface area contributed by atoms with Crippen LogP contribution in [0.2, 0.25) is 0 Å². The van der Waals surface area contributed by atoms with Gasteiger partial charge in [0.05, 0.1) is 24.4 Å². The molecule has 0 saturated carbocycles. The number of aryl methyl sites for hydroxylation is 2. The molecule has 0 radical (unpaired) electrons. The minimum atomic E-state index is -1.01. The maximum absolute atomic E-state index is 13.2. The maximum atomic E-state index is 13.2. The second-order valence-corrected chi connectivity index (χ2v) is 7.94. The average Bonchev–Trinajstić information content (AvgIpc) is 3.06. The Labute approximate surface area is 190 Å². The van der Waals surface area contributed by atoms with Gasteiger partial charge in [-0.25, -0.2) is 0 Å². The second-order valence-electron chi connectivity index (χ2n) is 7.94. The van der Waals surface area contributed by atoms with E-state index in [0.29, 0.717) is 16.9 Å². The summed E-state index contributed by atoms with van der Waals surface area (Å²) in [5, 5.41) is 31.4. The molecule has 1 aliphatic heterocycles. The molecule has 1 amide bonds. The van der Waals surface area contributed by atoms with Crippen molar-refractivity contribution >= 4 is 23.1 Å². The first-order valence-electron chi connectivity index (χ1n) is 10.3. The van der Waals surface area contributed by atoms with Crippen LogP contribution in [0.3, 0.4) is 0 Å². The Hall–Kier alpha value is -4.26. The number of aliphatic hydroxyl groups is 1. The number of carbonyl (C=O) groups excluding carboxylic acids is 2. The van der Waals surface area contributed by atoms with Crippen molar-refractivity contribution < 1.29 is 29.6 Å². The summed E-state index contributed by atoms with van der Waals surface area (Å²) >= 11 is 0. The van der Waals surface area contributed by atoms with Gasteiger partial charge in [0.15, 0.2) is 0 Å². The van der Waals surface area contributed by atoms with E-state index < -0.39 is 17.7 Å².